The number of hydrogen-bond donors (Lipinski definition) is 2. The summed E-state index contributed by atoms with van der Waals surface area (Å²) in [5.74, 6) is 0.371. The zero-order valence-corrected chi connectivity index (χ0v) is 9.74. The molecule has 0 aliphatic heterocycles. The van der Waals surface area contributed by atoms with Crippen LogP contribution >= 0.6 is 11.6 Å². The molecule has 0 saturated carbocycles. The quantitative estimate of drug-likeness (QED) is 0.471. The van der Waals surface area contributed by atoms with Crippen LogP contribution in [-0.2, 0) is 0 Å². The summed E-state index contributed by atoms with van der Waals surface area (Å²) in [4.78, 5) is 11.2. The molecule has 0 unspecified atom stereocenters. The molecule has 4 nitrogen and oxygen atoms in total. The second-order valence-electron chi connectivity index (χ2n) is 3.31. The molecule has 16 heavy (non-hydrogen) atoms. The summed E-state index contributed by atoms with van der Waals surface area (Å²) in [6.45, 7) is 1.81. The number of nitrogens with zero attached hydrogens (tertiary/aromatic N) is 1. The van der Waals surface area contributed by atoms with Crippen molar-refractivity contribution in [1.82, 2.24) is 10.7 Å². The van der Waals surface area contributed by atoms with Gasteiger partial charge in [-0.1, -0.05) is 30.3 Å². The van der Waals surface area contributed by atoms with Crippen LogP contribution in [-0.4, -0.2) is 24.2 Å². The van der Waals surface area contributed by atoms with Crippen molar-refractivity contribution < 1.29 is 4.79 Å². The molecule has 1 aromatic carbocycles. The third-order valence-corrected chi connectivity index (χ3v) is 2.25. The van der Waals surface area contributed by atoms with Crippen molar-refractivity contribution in [2.75, 3.05) is 5.88 Å². The number of halogens is 1. The van der Waals surface area contributed by atoms with Gasteiger partial charge >= 0.3 is 6.03 Å². The van der Waals surface area contributed by atoms with Crippen molar-refractivity contribution in [3.05, 3.63) is 35.9 Å². The fourth-order valence-electron chi connectivity index (χ4n) is 0.999. The lowest BCUT2D eigenvalue weighted by Crippen LogP contribution is -2.39. The fourth-order valence-corrected chi connectivity index (χ4v) is 1.08. The van der Waals surface area contributed by atoms with Gasteiger partial charge < -0.3 is 5.32 Å². The second kappa shape index (κ2) is 6.85. The number of carbonyl (C=O) groups excluding carboxylic acids is 1. The summed E-state index contributed by atoms with van der Waals surface area (Å²) in [6, 6.07) is 9.07. The van der Waals surface area contributed by atoms with Gasteiger partial charge in [-0.25, -0.2) is 10.2 Å². The maximum atomic E-state index is 11.2. The van der Waals surface area contributed by atoms with E-state index in [0.717, 1.165) is 5.56 Å². The monoisotopic (exact) mass is 239 g/mol. The molecule has 1 atom stereocenters. The van der Waals surface area contributed by atoms with Crippen molar-refractivity contribution >= 4 is 23.8 Å². The molecule has 0 saturated heterocycles. The van der Waals surface area contributed by atoms with Gasteiger partial charge in [0, 0.05) is 11.9 Å². The largest absolute Gasteiger partial charge is 0.335 e. The van der Waals surface area contributed by atoms with Crippen LogP contribution in [0.3, 0.4) is 0 Å². The molecule has 0 radical (unpaired) electrons. The molecular weight excluding hydrogens is 226 g/mol. The third-order valence-electron chi connectivity index (χ3n) is 1.79. The predicted octanol–water partition coefficient (Wildman–Crippen LogP) is 1.95. The van der Waals surface area contributed by atoms with Crippen LogP contribution in [0.4, 0.5) is 4.79 Å². The van der Waals surface area contributed by atoms with Crippen molar-refractivity contribution in [2.24, 2.45) is 5.10 Å². The summed E-state index contributed by atoms with van der Waals surface area (Å²) in [6.07, 6.45) is 1.57. The van der Waals surface area contributed by atoms with E-state index in [1.165, 1.54) is 0 Å². The molecule has 1 rings (SSSR count). The smallest absolute Gasteiger partial charge is 0.333 e. The van der Waals surface area contributed by atoms with Gasteiger partial charge in [-0.2, -0.15) is 5.10 Å². The van der Waals surface area contributed by atoms with Gasteiger partial charge in [0.15, 0.2) is 0 Å². The van der Waals surface area contributed by atoms with Gasteiger partial charge in [0.1, 0.15) is 0 Å². The maximum Gasteiger partial charge on any atom is 0.335 e. The lowest BCUT2D eigenvalue weighted by Gasteiger charge is -2.08. The van der Waals surface area contributed by atoms with Crippen LogP contribution in [0.5, 0.6) is 0 Å². The van der Waals surface area contributed by atoms with Gasteiger partial charge in [-0.3, -0.25) is 0 Å². The van der Waals surface area contributed by atoms with E-state index in [1.807, 2.05) is 37.3 Å². The average Bonchev–Trinajstić information content (AvgIpc) is 2.30. The van der Waals surface area contributed by atoms with Gasteiger partial charge in [0.25, 0.3) is 0 Å². The number of nitrogens with one attached hydrogen (secondary N) is 2. The van der Waals surface area contributed by atoms with E-state index in [-0.39, 0.29) is 12.1 Å². The van der Waals surface area contributed by atoms with E-state index in [0.29, 0.717) is 5.88 Å². The fraction of sp³-hybridized carbons (Fsp3) is 0.273. The molecule has 86 valence electrons. The normalized spacial score (nSPS) is 12.4. The van der Waals surface area contributed by atoms with E-state index in [1.54, 1.807) is 6.21 Å². The van der Waals surface area contributed by atoms with Crippen molar-refractivity contribution in [3.8, 4) is 0 Å². The van der Waals surface area contributed by atoms with Gasteiger partial charge in [-0.05, 0) is 12.5 Å². The summed E-state index contributed by atoms with van der Waals surface area (Å²) in [7, 11) is 0. The van der Waals surface area contributed by atoms with E-state index < -0.39 is 0 Å². The minimum Gasteiger partial charge on any atom is -0.333 e. The first kappa shape index (κ1) is 12.5. The maximum absolute atomic E-state index is 11.2. The van der Waals surface area contributed by atoms with Gasteiger partial charge in [0.05, 0.1) is 6.21 Å². The molecule has 5 heteroatoms. The second-order valence-corrected chi connectivity index (χ2v) is 3.62. The number of hydrogen-bond acceptors (Lipinski definition) is 2. The third kappa shape index (κ3) is 4.79. The van der Waals surface area contributed by atoms with Crippen LogP contribution in [0, 0.1) is 0 Å². The van der Waals surface area contributed by atoms with E-state index in [2.05, 4.69) is 15.8 Å². The Morgan fingerprint density at radius 2 is 2.19 bits per heavy atom. The summed E-state index contributed by atoms with van der Waals surface area (Å²) < 4.78 is 0. The molecule has 0 spiro atoms. The van der Waals surface area contributed by atoms with E-state index in [4.69, 9.17) is 11.6 Å². The first-order valence-electron chi connectivity index (χ1n) is 4.93. The number of benzene rings is 1. The zero-order valence-electron chi connectivity index (χ0n) is 8.98. The topological polar surface area (TPSA) is 53.5 Å². The lowest BCUT2D eigenvalue weighted by molar-refractivity contribution is 0.239. The highest BCUT2D eigenvalue weighted by Crippen LogP contribution is 1.93. The van der Waals surface area contributed by atoms with Crippen LogP contribution in [0.2, 0.25) is 0 Å². The Kier molecular flexibility index (Phi) is 5.36. The Morgan fingerprint density at radius 1 is 1.50 bits per heavy atom. The summed E-state index contributed by atoms with van der Waals surface area (Å²) in [5.41, 5.74) is 3.28. The molecule has 0 aliphatic carbocycles. The number of rotatable bonds is 4. The summed E-state index contributed by atoms with van der Waals surface area (Å²) >= 11 is 5.55. The van der Waals surface area contributed by atoms with Crippen molar-refractivity contribution in [3.63, 3.8) is 0 Å². The Morgan fingerprint density at radius 3 is 2.81 bits per heavy atom. The summed E-state index contributed by atoms with van der Waals surface area (Å²) in [5, 5.41) is 6.42. The molecule has 2 amide bonds. The molecular formula is C11H14ClN3O. The Hall–Kier alpha value is -1.55. The Labute approximate surface area is 99.7 Å². The first-order chi connectivity index (χ1) is 7.72. The van der Waals surface area contributed by atoms with E-state index in [9.17, 15) is 4.79 Å². The molecule has 0 aliphatic rings. The lowest BCUT2D eigenvalue weighted by atomic mass is 10.2. The highest BCUT2D eigenvalue weighted by atomic mass is 35.5. The molecule has 0 bridgehead atoms. The highest BCUT2D eigenvalue weighted by Gasteiger charge is 2.03. The SMILES string of the molecule is C[C@H](CCl)NC(=O)N/N=C/c1ccccc1. The van der Waals surface area contributed by atoms with Crippen LogP contribution < -0.4 is 10.7 Å². The van der Waals surface area contributed by atoms with Gasteiger partial charge in [-0.15, -0.1) is 11.6 Å². The van der Waals surface area contributed by atoms with E-state index >= 15 is 0 Å². The molecule has 0 heterocycles. The van der Waals surface area contributed by atoms with Crippen LogP contribution in [0.1, 0.15) is 12.5 Å². The number of hydrazone groups is 1. The Bertz CT molecular complexity index is 354. The van der Waals surface area contributed by atoms with Crippen LogP contribution in [0.25, 0.3) is 0 Å². The first-order valence-corrected chi connectivity index (χ1v) is 5.46. The Balaban J connectivity index is 2.34. The number of urea groups is 1. The predicted molar refractivity (Wildman–Crippen MR) is 65.9 cm³/mol. The minimum atomic E-state index is -0.361. The number of amides is 2. The zero-order chi connectivity index (χ0) is 11.8. The number of carbonyl (C=O) groups is 1. The molecule has 0 aromatic heterocycles. The standard InChI is InChI=1S/C11H14ClN3O/c1-9(7-12)14-11(16)15-13-8-10-5-3-2-4-6-10/h2-6,8-9H,7H2,1H3,(H2,14,15,16)/b13-8+/t9-/m1/s1. The van der Waals surface area contributed by atoms with Crippen molar-refractivity contribution in [1.29, 1.82) is 0 Å². The minimum absolute atomic E-state index is 0.0754. The number of alkyl halides is 1. The van der Waals surface area contributed by atoms with Crippen molar-refractivity contribution in [2.45, 2.75) is 13.0 Å². The van der Waals surface area contributed by atoms with Crippen LogP contribution in [0.15, 0.2) is 35.4 Å². The highest BCUT2D eigenvalue weighted by molar-refractivity contribution is 6.18. The molecule has 2 N–H and O–H groups in total. The van der Waals surface area contributed by atoms with Gasteiger partial charge in [0.2, 0.25) is 0 Å². The molecule has 1 aromatic rings. The molecule has 0 fully saturated rings. The average molecular weight is 240 g/mol.